The first-order chi connectivity index (χ1) is 16.3. The highest BCUT2D eigenvalue weighted by molar-refractivity contribution is 5.66. The Labute approximate surface area is 199 Å². The maximum Gasteiger partial charge on any atom is 0.303 e. The molecule has 0 radical (unpaired) electrons. The Bertz CT molecular complexity index is 964. The SMILES string of the molecule is COc1cccc(-c2cn(CC3OC(OCCCCC(=O)O)C(C)C(C)C3OC(C)=O)nn2)c1. The first-order valence-electron chi connectivity index (χ1n) is 11.5. The van der Waals surface area contributed by atoms with Crippen LogP contribution in [0.2, 0.25) is 0 Å². The van der Waals surface area contributed by atoms with Gasteiger partial charge in [0.25, 0.3) is 0 Å². The number of benzene rings is 1. The molecule has 1 fully saturated rings. The number of unbranched alkanes of at least 4 members (excludes halogenated alkanes) is 1. The van der Waals surface area contributed by atoms with Crippen molar-refractivity contribution in [3.63, 3.8) is 0 Å². The standard InChI is InChI=1S/C24H33N3O7/c1-15-16(2)24(32-11-6-5-10-22(29)30)34-21(23(15)33-17(3)28)14-27-13-20(25-26-27)18-8-7-9-19(12-18)31-4/h7-9,12-13,15-16,21,23-24H,5-6,10-11,14H2,1-4H3,(H,29,30). The van der Waals surface area contributed by atoms with Crippen molar-refractivity contribution in [3.8, 4) is 17.0 Å². The van der Waals surface area contributed by atoms with E-state index < -0.39 is 24.5 Å². The van der Waals surface area contributed by atoms with Crippen LogP contribution >= 0.6 is 0 Å². The Morgan fingerprint density at radius 3 is 2.71 bits per heavy atom. The maximum atomic E-state index is 11.8. The number of hydrogen-bond donors (Lipinski definition) is 1. The van der Waals surface area contributed by atoms with Crippen molar-refractivity contribution in [2.24, 2.45) is 11.8 Å². The van der Waals surface area contributed by atoms with Crippen LogP contribution in [0.3, 0.4) is 0 Å². The molecule has 5 atom stereocenters. The fourth-order valence-corrected chi connectivity index (χ4v) is 4.04. The Hall–Kier alpha value is -2.98. The topological polar surface area (TPSA) is 122 Å². The minimum absolute atomic E-state index is 0.0203. The third kappa shape index (κ3) is 6.77. The van der Waals surface area contributed by atoms with Gasteiger partial charge in [-0.05, 0) is 25.0 Å². The molecular weight excluding hydrogens is 442 g/mol. The normalized spacial score (nSPS) is 24.5. The molecule has 0 spiro atoms. The summed E-state index contributed by atoms with van der Waals surface area (Å²) in [6, 6.07) is 7.55. The van der Waals surface area contributed by atoms with E-state index in [1.54, 1.807) is 11.8 Å². The largest absolute Gasteiger partial charge is 0.497 e. The van der Waals surface area contributed by atoms with Crippen LogP contribution in [0.15, 0.2) is 30.5 Å². The molecule has 1 saturated heterocycles. The molecule has 1 aliphatic rings. The lowest BCUT2D eigenvalue weighted by atomic mass is 9.84. The Morgan fingerprint density at radius 2 is 2.00 bits per heavy atom. The minimum atomic E-state index is -0.818. The van der Waals surface area contributed by atoms with Crippen LogP contribution in [0, 0.1) is 11.8 Å². The van der Waals surface area contributed by atoms with Gasteiger partial charge in [-0.3, -0.25) is 9.59 Å². The monoisotopic (exact) mass is 475 g/mol. The quantitative estimate of drug-likeness (QED) is 0.386. The lowest BCUT2D eigenvalue weighted by Crippen LogP contribution is -2.53. The van der Waals surface area contributed by atoms with Gasteiger partial charge < -0.3 is 24.1 Å². The van der Waals surface area contributed by atoms with Crippen molar-refractivity contribution in [3.05, 3.63) is 30.5 Å². The highest BCUT2D eigenvalue weighted by Gasteiger charge is 2.44. The maximum absolute atomic E-state index is 11.8. The summed E-state index contributed by atoms with van der Waals surface area (Å²) in [5.41, 5.74) is 1.56. The van der Waals surface area contributed by atoms with Crippen molar-refractivity contribution < 1.29 is 33.6 Å². The van der Waals surface area contributed by atoms with Gasteiger partial charge in [0.05, 0.1) is 19.9 Å². The lowest BCUT2D eigenvalue weighted by Gasteiger charge is -2.43. The third-order valence-corrected chi connectivity index (χ3v) is 6.09. The van der Waals surface area contributed by atoms with E-state index in [-0.39, 0.29) is 24.2 Å². The fraction of sp³-hybridized carbons (Fsp3) is 0.583. The second kappa shape index (κ2) is 11.9. The number of methoxy groups -OCH3 is 1. The first-order valence-corrected chi connectivity index (χ1v) is 11.5. The molecular formula is C24H33N3O7. The van der Waals surface area contributed by atoms with E-state index in [0.29, 0.717) is 31.7 Å². The predicted octanol–water partition coefficient (Wildman–Crippen LogP) is 3.15. The molecule has 10 nitrogen and oxygen atoms in total. The highest BCUT2D eigenvalue weighted by atomic mass is 16.7. The second-order valence-electron chi connectivity index (χ2n) is 8.61. The average Bonchev–Trinajstić information content (AvgIpc) is 3.27. The smallest absolute Gasteiger partial charge is 0.303 e. The zero-order valence-corrected chi connectivity index (χ0v) is 20.0. The van der Waals surface area contributed by atoms with Gasteiger partial charge in [-0.15, -0.1) is 5.10 Å². The van der Waals surface area contributed by atoms with Gasteiger partial charge in [0.1, 0.15) is 23.7 Å². The van der Waals surface area contributed by atoms with E-state index >= 15 is 0 Å². The molecule has 1 aromatic carbocycles. The Kier molecular flexibility index (Phi) is 9.00. The molecule has 0 aliphatic carbocycles. The summed E-state index contributed by atoms with van der Waals surface area (Å²) in [7, 11) is 1.61. The van der Waals surface area contributed by atoms with Crippen LogP contribution < -0.4 is 4.74 Å². The molecule has 0 amide bonds. The van der Waals surface area contributed by atoms with Gasteiger partial charge in [-0.2, -0.15) is 0 Å². The summed E-state index contributed by atoms with van der Waals surface area (Å²) < 4.78 is 24.8. The molecule has 0 bridgehead atoms. The zero-order valence-electron chi connectivity index (χ0n) is 20.0. The van der Waals surface area contributed by atoms with Crippen LogP contribution in [-0.4, -0.2) is 64.3 Å². The number of carboxylic acids is 1. The summed E-state index contributed by atoms with van der Waals surface area (Å²) in [4.78, 5) is 22.5. The Morgan fingerprint density at radius 1 is 1.21 bits per heavy atom. The van der Waals surface area contributed by atoms with Gasteiger partial charge in [-0.1, -0.05) is 31.2 Å². The molecule has 1 aliphatic heterocycles. The molecule has 1 aromatic heterocycles. The van der Waals surface area contributed by atoms with E-state index in [1.807, 2.05) is 44.3 Å². The summed E-state index contributed by atoms with van der Waals surface area (Å²) in [5.74, 6) is -0.511. The molecule has 5 unspecified atom stereocenters. The third-order valence-electron chi connectivity index (χ3n) is 6.09. The number of ether oxygens (including phenoxy) is 4. The van der Waals surface area contributed by atoms with E-state index in [1.165, 1.54) is 6.92 Å². The molecule has 186 valence electrons. The van der Waals surface area contributed by atoms with E-state index in [2.05, 4.69) is 10.3 Å². The van der Waals surface area contributed by atoms with Gasteiger partial charge in [0.15, 0.2) is 6.29 Å². The number of rotatable bonds is 11. The first kappa shape index (κ1) is 25.6. The van der Waals surface area contributed by atoms with Crippen LogP contribution in [-0.2, 0) is 30.3 Å². The van der Waals surface area contributed by atoms with E-state index in [4.69, 9.17) is 24.1 Å². The summed E-state index contributed by atoms with van der Waals surface area (Å²) in [6.07, 6.45) is 1.63. The number of nitrogens with zero attached hydrogens (tertiary/aromatic N) is 3. The van der Waals surface area contributed by atoms with Gasteiger partial charge >= 0.3 is 11.9 Å². The molecule has 34 heavy (non-hydrogen) atoms. The summed E-state index contributed by atoms with van der Waals surface area (Å²) in [6.45, 7) is 6.11. The molecule has 10 heteroatoms. The minimum Gasteiger partial charge on any atom is -0.497 e. The molecule has 2 aromatic rings. The molecule has 3 rings (SSSR count). The Balaban J connectivity index is 1.70. The van der Waals surface area contributed by atoms with Gasteiger partial charge in [0.2, 0.25) is 0 Å². The number of aromatic nitrogens is 3. The van der Waals surface area contributed by atoms with Crippen molar-refractivity contribution in [2.45, 2.75) is 65.1 Å². The van der Waals surface area contributed by atoms with Crippen LogP contribution in [0.25, 0.3) is 11.3 Å². The number of hydrogen-bond acceptors (Lipinski definition) is 8. The number of carbonyl (C=O) groups is 2. The van der Waals surface area contributed by atoms with E-state index in [9.17, 15) is 9.59 Å². The lowest BCUT2D eigenvalue weighted by molar-refractivity contribution is -0.269. The number of carbonyl (C=O) groups excluding carboxylic acids is 1. The predicted molar refractivity (Wildman–Crippen MR) is 122 cm³/mol. The van der Waals surface area contributed by atoms with Crippen LogP contribution in [0.5, 0.6) is 5.75 Å². The fourth-order valence-electron chi connectivity index (χ4n) is 4.04. The van der Waals surface area contributed by atoms with Crippen molar-refractivity contribution >= 4 is 11.9 Å². The van der Waals surface area contributed by atoms with Gasteiger partial charge in [-0.25, -0.2) is 4.68 Å². The van der Waals surface area contributed by atoms with Gasteiger partial charge in [0, 0.05) is 37.4 Å². The highest BCUT2D eigenvalue weighted by Crippen LogP contribution is 2.34. The average molecular weight is 476 g/mol. The molecule has 2 heterocycles. The van der Waals surface area contributed by atoms with Crippen molar-refractivity contribution in [1.82, 2.24) is 15.0 Å². The van der Waals surface area contributed by atoms with Crippen LogP contribution in [0.1, 0.15) is 40.0 Å². The van der Waals surface area contributed by atoms with E-state index in [0.717, 1.165) is 11.3 Å². The van der Waals surface area contributed by atoms with Crippen LogP contribution in [0.4, 0.5) is 0 Å². The molecule has 0 saturated carbocycles. The number of aliphatic carboxylic acids is 1. The second-order valence-corrected chi connectivity index (χ2v) is 8.61. The summed E-state index contributed by atoms with van der Waals surface area (Å²) >= 11 is 0. The van der Waals surface area contributed by atoms with Crippen molar-refractivity contribution in [1.29, 1.82) is 0 Å². The number of esters is 1. The number of carboxylic acid groups (broad SMARTS) is 1. The molecule has 1 N–H and O–H groups in total. The summed E-state index contributed by atoms with van der Waals surface area (Å²) in [5, 5.41) is 17.3. The zero-order chi connectivity index (χ0) is 24.7. The van der Waals surface area contributed by atoms with Crippen molar-refractivity contribution in [2.75, 3.05) is 13.7 Å².